The molecule has 2 amide bonds. The van der Waals surface area contributed by atoms with E-state index in [1.165, 1.54) is 12.3 Å². The molecule has 2 N–H and O–H groups in total. The number of ether oxygens (including phenoxy) is 1. The topological polar surface area (TPSA) is 93.5 Å². The van der Waals surface area contributed by atoms with E-state index >= 15 is 0 Å². The Morgan fingerprint density at radius 3 is 2.73 bits per heavy atom. The van der Waals surface area contributed by atoms with Gasteiger partial charge in [0, 0.05) is 6.07 Å². The lowest BCUT2D eigenvalue weighted by Gasteiger charge is -2.09. The predicted octanol–water partition coefficient (Wildman–Crippen LogP) is 0.454. The molecule has 0 aliphatic rings. The first-order chi connectivity index (χ1) is 7.09. The number of carbonyl (C=O) groups is 2. The van der Waals surface area contributed by atoms with Crippen molar-refractivity contribution >= 4 is 12.0 Å². The van der Waals surface area contributed by atoms with Crippen LogP contribution in [-0.2, 0) is 4.74 Å². The lowest BCUT2D eigenvalue weighted by atomic mass is 10.4. The molecule has 1 aromatic rings. The molecule has 0 unspecified atom stereocenters. The average Bonchev–Trinajstić information content (AvgIpc) is 2.65. The Labute approximate surface area is 85.7 Å². The fourth-order valence-electron chi connectivity index (χ4n) is 0.746. The Kier molecular flexibility index (Phi) is 3.67. The van der Waals surface area contributed by atoms with Crippen LogP contribution in [0.15, 0.2) is 16.8 Å². The molecule has 0 spiro atoms. The Bertz CT molecular complexity index is 334. The van der Waals surface area contributed by atoms with E-state index in [0.717, 1.165) is 0 Å². The Balaban J connectivity index is 2.32. The van der Waals surface area contributed by atoms with Crippen LogP contribution in [0.2, 0.25) is 0 Å². The first-order valence-electron chi connectivity index (χ1n) is 4.27. The Morgan fingerprint density at radius 1 is 1.47 bits per heavy atom. The van der Waals surface area contributed by atoms with Crippen molar-refractivity contribution < 1.29 is 18.8 Å². The lowest BCUT2D eigenvalue weighted by Crippen LogP contribution is -2.42. The maximum absolute atomic E-state index is 11.2. The maximum atomic E-state index is 11.2. The molecule has 1 aromatic heterocycles. The first-order valence-corrected chi connectivity index (χ1v) is 4.27. The molecule has 0 atom stereocenters. The molecule has 0 radical (unpaired) electrons. The minimum Gasteiger partial charge on any atom is -0.446 e. The van der Waals surface area contributed by atoms with E-state index in [4.69, 9.17) is 4.74 Å². The molecule has 0 aromatic carbocycles. The summed E-state index contributed by atoms with van der Waals surface area (Å²) >= 11 is 0. The van der Waals surface area contributed by atoms with E-state index in [0.29, 0.717) is 0 Å². The average molecular weight is 213 g/mol. The van der Waals surface area contributed by atoms with E-state index in [-0.39, 0.29) is 11.9 Å². The van der Waals surface area contributed by atoms with Crippen molar-refractivity contribution in [2.24, 2.45) is 0 Å². The van der Waals surface area contributed by atoms with Crippen LogP contribution in [0.25, 0.3) is 0 Å². The number of carbonyl (C=O) groups excluding carboxylic acids is 2. The van der Waals surface area contributed by atoms with Gasteiger partial charge in [-0.05, 0) is 13.8 Å². The van der Waals surface area contributed by atoms with Crippen LogP contribution in [0.5, 0.6) is 0 Å². The number of hydrazine groups is 1. The summed E-state index contributed by atoms with van der Waals surface area (Å²) in [6.45, 7) is 3.38. The molecule has 7 nitrogen and oxygen atoms in total. The van der Waals surface area contributed by atoms with Crippen LogP contribution in [0.4, 0.5) is 4.79 Å². The second kappa shape index (κ2) is 4.99. The van der Waals surface area contributed by atoms with Gasteiger partial charge in [0.15, 0.2) is 0 Å². The number of nitrogens with one attached hydrogen (secondary N) is 2. The van der Waals surface area contributed by atoms with Crippen LogP contribution < -0.4 is 10.9 Å². The second-order valence-corrected chi connectivity index (χ2v) is 2.91. The van der Waals surface area contributed by atoms with Crippen molar-refractivity contribution in [2.45, 2.75) is 20.0 Å². The van der Waals surface area contributed by atoms with Crippen molar-refractivity contribution in [2.75, 3.05) is 0 Å². The molecule has 15 heavy (non-hydrogen) atoms. The molecular weight excluding hydrogens is 202 g/mol. The minimum atomic E-state index is -0.738. The summed E-state index contributed by atoms with van der Waals surface area (Å²) in [5.41, 5.74) is 4.15. The zero-order chi connectivity index (χ0) is 11.3. The summed E-state index contributed by atoms with van der Waals surface area (Å²) in [5, 5.41) is 3.34. The van der Waals surface area contributed by atoms with Crippen molar-refractivity contribution in [1.29, 1.82) is 0 Å². The molecule has 0 saturated carbocycles. The third-order valence-electron chi connectivity index (χ3n) is 1.28. The summed E-state index contributed by atoms with van der Waals surface area (Å²) < 4.78 is 9.26. The smallest absolute Gasteiger partial charge is 0.426 e. The van der Waals surface area contributed by atoms with Gasteiger partial charge in [-0.3, -0.25) is 10.2 Å². The summed E-state index contributed by atoms with van der Waals surface area (Å²) in [6.07, 6.45) is 0.325. The molecular formula is C8H11N3O4. The van der Waals surface area contributed by atoms with Crippen LogP contribution >= 0.6 is 0 Å². The van der Waals surface area contributed by atoms with Gasteiger partial charge < -0.3 is 9.26 Å². The second-order valence-electron chi connectivity index (χ2n) is 2.91. The molecule has 1 rings (SSSR count). The third kappa shape index (κ3) is 3.67. The highest BCUT2D eigenvalue weighted by atomic mass is 16.6. The molecule has 0 aliphatic heterocycles. The van der Waals surface area contributed by atoms with Gasteiger partial charge in [-0.25, -0.2) is 10.2 Å². The number of nitrogens with zero attached hydrogens (tertiary/aromatic N) is 1. The quantitative estimate of drug-likeness (QED) is 0.696. The summed E-state index contributed by atoms with van der Waals surface area (Å²) in [4.78, 5) is 22.1. The number of hydrogen-bond donors (Lipinski definition) is 2. The Morgan fingerprint density at radius 2 is 2.20 bits per heavy atom. The fraction of sp³-hybridized carbons (Fsp3) is 0.375. The van der Waals surface area contributed by atoms with Crippen molar-refractivity contribution in [1.82, 2.24) is 16.0 Å². The molecule has 0 aliphatic carbocycles. The van der Waals surface area contributed by atoms with Crippen molar-refractivity contribution in [3.63, 3.8) is 0 Å². The number of rotatable bonds is 2. The van der Waals surface area contributed by atoms with E-state index in [9.17, 15) is 9.59 Å². The van der Waals surface area contributed by atoms with Crippen molar-refractivity contribution in [3.8, 4) is 0 Å². The van der Waals surface area contributed by atoms with Gasteiger partial charge in [-0.15, -0.1) is 0 Å². The van der Waals surface area contributed by atoms with Crippen LogP contribution in [-0.4, -0.2) is 23.3 Å². The highest BCUT2D eigenvalue weighted by Crippen LogP contribution is 1.94. The van der Waals surface area contributed by atoms with Gasteiger partial charge in [-0.2, -0.15) is 0 Å². The van der Waals surface area contributed by atoms with E-state index in [1.807, 2.05) is 0 Å². The molecule has 0 fully saturated rings. The summed E-state index contributed by atoms with van der Waals surface area (Å²) in [7, 11) is 0. The summed E-state index contributed by atoms with van der Waals surface area (Å²) in [6, 6.07) is 1.37. The standard InChI is InChI=1S/C8H11N3O4/c1-5(2)14-8(13)11-10-7(12)6-3-4-9-15-6/h3-5H,1-2H3,(H,10,12)(H,11,13). The Hall–Kier alpha value is -2.05. The molecule has 1 heterocycles. The van der Waals surface area contributed by atoms with Crippen LogP contribution in [0.3, 0.4) is 0 Å². The monoisotopic (exact) mass is 213 g/mol. The summed E-state index contributed by atoms with van der Waals surface area (Å²) in [5.74, 6) is -0.604. The van der Waals surface area contributed by atoms with Gasteiger partial charge >= 0.3 is 12.0 Å². The molecule has 0 bridgehead atoms. The highest BCUT2D eigenvalue weighted by Gasteiger charge is 2.11. The van der Waals surface area contributed by atoms with Gasteiger partial charge in [0.05, 0.1) is 12.3 Å². The zero-order valence-electron chi connectivity index (χ0n) is 8.31. The maximum Gasteiger partial charge on any atom is 0.426 e. The largest absolute Gasteiger partial charge is 0.446 e. The molecule has 7 heteroatoms. The van der Waals surface area contributed by atoms with E-state index in [2.05, 4.69) is 20.5 Å². The van der Waals surface area contributed by atoms with Crippen molar-refractivity contribution in [3.05, 3.63) is 18.0 Å². The van der Waals surface area contributed by atoms with Gasteiger partial charge in [0.2, 0.25) is 5.76 Å². The minimum absolute atomic E-state index is 0.000142. The fourth-order valence-corrected chi connectivity index (χ4v) is 0.746. The molecule has 82 valence electrons. The molecule has 0 saturated heterocycles. The van der Waals surface area contributed by atoms with E-state index in [1.54, 1.807) is 13.8 Å². The number of aromatic nitrogens is 1. The SMILES string of the molecule is CC(C)OC(=O)NNC(=O)c1ccno1. The van der Waals surface area contributed by atoms with Gasteiger partial charge in [-0.1, -0.05) is 5.16 Å². The third-order valence-corrected chi connectivity index (χ3v) is 1.28. The van der Waals surface area contributed by atoms with Crippen LogP contribution in [0.1, 0.15) is 24.4 Å². The highest BCUT2D eigenvalue weighted by molar-refractivity contribution is 5.92. The van der Waals surface area contributed by atoms with Gasteiger partial charge in [0.25, 0.3) is 0 Å². The lowest BCUT2D eigenvalue weighted by molar-refractivity contribution is 0.0844. The number of hydrogen-bond acceptors (Lipinski definition) is 5. The number of amides is 2. The van der Waals surface area contributed by atoms with Gasteiger partial charge in [0.1, 0.15) is 0 Å². The van der Waals surface area contributed by atoms with E-state index < -0.39 is 12.0 Å². The normalized spacial score (nSPS) is 9.80. The zero-order valence-corrected chi connectivity index (χ0v) is 8.31. The first kappa shape index (κ1) is 11.0. The predicted molar refractivity (Wildman–Crippen MR) is 48.7 cm³/mol. The van der Waals surface area contributed by atoms with Crippen LogP contribution in [0, 0.1) is 0 Å².